The number of hydrogen-bond donors (Lipinski definition) is 5. The first kappa shape index (κ1) is 50.0. The number of anilines is 5. The van der Waals surface area contributed by atoms with E-state index < -0.39 is 23.5 Å². The second kappa shape index (κ2) is 22.2. The Morgan fingerprint density at radius 3 is 2.13 bits per heavy atom. The largest absolute Gasteiger partial charge is 0.462 e. The van der Waals surface area contributed by atoms with Gasteiger partial charge in [-0.1, -0.05) is 0 Å². The van der Waals surface area contributed by atoms with Crippen LogP contribution in [0.1, 0.15) is 94.3 Å². The van der Waals surface area contributed by atoms with Crippen LogP contribution in [0.2, 0.25) is 0 Å². The molecule has 6 fully saturated rings. The van der Waals surface area contributed by atoms with Crippen LogP contribution in [-0.2, 0) is 31.0 Å². The van der Waals surface area contributed by atoms with E-state index in [9.17, 15) is 29.1 Å². The zero-order valence-corrected chi connectivity index (χ0v) is 41.1. The van der Waals surface area contributed by atoms with Crippen molar-refractivity contribution in [2.45, 2.75) is 108 Å². The Bertz CT molecular complexity index is 2380. The molecule has 3 aromatic rings. The summed E-state index contributed by atoms with van der Waals surface area (Å²) in [6.07, 6.45) is 13.3. The highest BCUT2D eigenvalue weighted by Gasteiger charge is 2.40. The van der Waals surface area contributed by atoms with Crippen molar-refractivity contribution >= 4 is 58.4 Å². The van der Waals surface area contributed by atoms with Gasteiger partial charge in [0.15, 0.2) is 0 Å². The molecule has 71 heavy (non-hydrogen) atoms. The molecule has 0 spiro atoms. The maximum absolute atomic E-state index is 15.3. The number of aliphatic hydroxyl groups is 1. The van der Waals surface area contributed by atoms with Crippen LogP contribution in [0.25, 0.3) is 0 Å². The number of carbonyl (C=O) groups is 5. The summed E-state index contributed by atoms with van der Waals surface area (Å²) in [6.45, 7) is 9.16. The summed E-state index contributed by atoms with van der Waals surface area (Å²) in [5.41, 5.74) is 1.11. The predicted molar refractivity (Wildman–Crippen MR) is 263 cm³/mol. The van der Waals surface area contributed by atoms with Crippen molar-refractivity contribution in [1.82, 2.24) is 44.7 Å². The van der Waals surface area contributed by atoms with Gasteiger partial charge in [-0.05, 0) is 95.8 Å². The number of piperidine rings is 2. The average molecular weight is 984 g/mol. The summed E-state index contributed by atoms with van der Waals surface area (Å²) in [6, 6.07) is 4.83. The number of nitrogens with zero attached hydrogens (tertiary/aromatic N) is 9. The topological polar surface area (TPSA) is 223 Å². The van der Waals surface area contributed by atoms with Gasteiger partial charge in [0.2, 0.25) is 29.6 Å². The lowest BCUT2D eigenvalue weighted by Crippen LogP contribution is -2.56. The average Bonchev–Trinajstić information content (AvgIpc) is 3.79. The number of halogens is 1. The van der Waals surface area contributed by atoms with Crippen LogP contribution in [0.4, 0.5) is 33.2 Å². The number of imide groups is 1. The van der Waals surface area contributed by atoms with Crippen molar-refractivity contribution in [3.8, 4) is 0 Å². The first-order valence-electron chi connectivity index (χ1n) is 25.8. The number of amides is 4. The second-order valence-electron chi connectivity index (χ2n) is 20.4. The Balaban J connectivity index is 0.661. The Morgan fingerprint density at radius 1 is 0.831 bits per heavy atom. The van der Waals surface area contributed by atoms with Crippen molar-refractivity contribution in [1.29, 1.82) is 0 Å². The molecule has 384 valence electrons. The number of likely N-dealkylation sites (tertiary alicyclic amines) is 1. The molecular formula is C50H70FN13O7. The summed E-state index contributed by atoms with van der Waals surface area (Å²) < 4.78 is 22.3. The molecule has 1 atom stereocenters. The zero-order chi connectivity index (χ0) is 49.6. The van der Waals surface area contributed by atoms with E-state index in [1.807, 2.05) is 27.9 Å². The van der Waals surface area contributed by atoms with Crippen molar-refractivity contribution < 1.29 is 38.2 Å². The lowest BCUT2D eigenvalue weighted by Gasteiger charge is -2.44. The molecule has 6 aliphatic rings. The maximum atomic E-state index is 15.3. The predicted octanol–water partition coefficient (Wildman–Crippen LogP) is 3.34. The molecule has 20 nitrogen and oxygen atoms in total. The van der Waals surface area contributed by atoms with Crippen molar-refractivity contribution in [3.63, 3.8) is 0 Å². The van der Waals surface area contributed by atoms with E-state index in [4.69, 9.17) is 4.74 Å². The van der Waals surface area contributed by atoms with E-state index in [2.05, 4.69) is 46.1 Å². The van der Waals surface area contributed by atoms with Crippen LogP contribution in [-0.4, -0.2) is 176 Å². The van der Waals surface area contributed by atoms with Gasteiger partial charge in [-0.15, -0.1) is 0 Å². The highest BCUT2D eigenvalue weighted by atomic mass is 19.1. The van der Waals surface area contributed by atoms with Crippen molar-refractivity contribution in [2.24, 2.45) is 18.9 Å². The van der Waals surface area contributed by atoms with Gasteiger partial charge in [0.25, 0.3) is 0 Å². The van der Waals surface area contributed by atoms with Gasteiger partial charge in [-0.25, -0.2) is 14.2 Å². The van der Waals surface area contributed by atoms with Gasteiger partial charge < -0.3 is 40.5 Å². The first-order chi connectivity index (χ1) is 34.3. The zero-order valence-electron chi connectivity index (χ0n) is 41.1. The van der Waals surface area contributed by atoms with Gasteiger partial charge in [0, 0.05) is 127 Å². The summed E-state index contributed by atoms with van der Waals surface area (Å²) in [5, 5.41) is 27.8. The smallest absolute Gasteiger partial charge is 0.343 e. The SMILES string of the molecule is CCOC(=O)c1cnc(Nc2cnn(C)c2)nc1NC1CCC(N2CCN(C(=O)C3CCC(C(=O)N4CCC(O)(CN5CCN(c6ccc(NC7CCC(=O)NC7=O)cc6F)CC5)CC4)CC3)CC2)CC1. The minimum atomic E-state index is -0.905. The molecule has 4 saturated heterocycles. The maximum Gasteiger partial charge on any atom is 0.343 e. The quantitative estimate of drug-likeness (QED) is 0.116. The first-order valence-corrected chi connectivity index (χ1v) is 25.8. The molecule has 1 unspecified atom stereocenters. The fourth-order valence-corrected chi connectivity index (χ4v) is 11.5. The van der Waals surface area contributed by atoms with Crippen LogP contribution in [0.5, 0.6) is 0 Å². The molecule has 2 aromatic heterocycles. The number of benzene rings is 1. The molecular weight excluding hydrogens is 914 g/mol. The number of ether oxygens (including phenoxy) is 1. The molecule has 9 rings (SSSR count). The van der Waals surface area contributed by atoms with Crippen molar-refractivity contribution in [3.05, 3.63) is 48.2 Å². The normalized spacial score (nSPS) is 25.6. The monoisotopic (exact) mass is 984 g/mol. The summed E-state index contributed by atoms with van der Waals surface area (Å²) in [7, 11) is 1.83. The Labute approximate surface area is 414 Å². The summed E-state index contributed by atoms with van der Waals surface area (Å²) in [4.78, 5) is 83.7. The number of β-amino-alcohol motifs (C(OH)–C–C–N with tert-alkyl or cyclic N) is 1. The number of aryl methyl sites for hydroxylation is 1. The number of carbonyl (C=O) groups excluding carboxylic acids is 5. The third-order valence-corrected chi connectivity index (χ3v) is 15.6. The van der Waals surface area contributed by atoms with E-state index in [1.54, 1.807) is 29.9 Å². The van der Waals surface area contributed by atoms with Gasteiger partial charge in [-0.3, -0.25) is 39.0 Å². The standard InChI is InChI=1S/C50H70FN13O7/c1-3-71-48(69)39-30-52-49(56-37-29-53-59(2)31-37)58-44(39)55-35-8-11-38(12-9-35)61-24-26-64(27-25-61)47(68)34-6-4-33(5-7-34)46(67)63-18-16-50(70,17-19-63)32-60-20-22-62(23-21-60)42-14-10-36(28-40(42)51)54-41-13-15-43(65)57-45(41)66/h10,14,28-31,33-35,38,41,54,70H,3-9,11-13,15-27,32H2,1-2H3,(H,57,65,66)(H2,52,55,56,58). The number of rotatable bonds is 14. The van der Waals surface area contributed by atoms with Crippen molar-refractivity contribution in [2.75, 3.05) is 99.4 Å². The minimum Gasteiger partial charge on any atom is -0.462 e. The molecule has 0 bridgehead atoms. The minimum absolute atomic E-state index is 0.0572. The molecule has 2 aliphatic carbocycles. The van der Waals surface area contributed by atoms with Gasteiger partial charge >= 0.3 is 5.97 Å². The molecule has 4 amide bonds. The lowest BCUT2D eigenvalue weighted by molar-refractivity contribution is -0.145. The van der Waals surface area contributed by atoms with E-state index in [-0.39, 0.29) is 54.4 Å². The number of esters is 1. The molecule has 2 saturated carbocycles. The number of hydrogen-bond acceptors (Lipinski definition) is 16. The number of piperazine rings is 2. The Hall–Kier alpha value is -5.93. The van der Waals surface area contributed by atoms with Crippen LogP contribution < -0.4 is 26.2 Å². The Kier molecular flexibility index (Phi) is 15.7. The Morgan fingerprint density at radius 2 is 1.51 bits per heavy atom. The fourth-order valence-electron chi connectivity index (χ4n) is 11.5. The van der Waals surface area contributed by atoms with E-state index in [0.29, 0.717) is 126 Å². The third kappa shape index (κ3) is 12.2. The molecule has 6 heterocycles. The molecule has 5 N–H and O–H groups in total. The number of nitrogens with one attached hydrogen (secondary N) is 4. The second-order valence-corrected chi connectivity index (χ2v) is 20.4. The van der Waals surface area contributed by atoms with Gasteiger partial charge in [-0.2, -0.15) is 10.1 Å². The van der Waals surface area contributed by atoms with Crippen LogP contribution in [0.3, 0.4) is 0 Å². The molecule has 0 radical (unpaired) electrons. The molecule has 21 heteroatoms. The van der Waals surface area contributed by atoms with Gasteiger partial charge in [0.1, 0.15) is 23.2 Å². The number of aromatic nitrogens is 4. The van der Waals surface area contributed by atoms with E-state index in [1.165, 1.54) is 12.3 Å². The van der Waals surface area contributed by atoms with E-state index in [0.717, 1.165) is 57.3 Å². The summed E-state index contributed by atoms with van der Waals surface area (Å²) >= 11 is 0. The molecule has 1 aromatic carbocycles. The van der Waals surface area contributed by atoms with Crippen LogP contribution in [0, 0.1) is 17.7 Å². The fraction of sp³-hybridized carbons (Fsp3) is 0.640. The van der Waals surface area contributed by atoms with Crippen LogP contribution in [0.15, 0.2) is 36.8 Å². The lowest BCUT2D eigenvalue weighted by atomic mass is 9.80. The van der Waals surface area contributed by atoms with E-state index >= 15 is 4.39 Å². The highest BCUT2D eigenvalue weighted by Crippen LogP contribution is 2.35. The van der Waals surface area contributed by atoms with Crippen LogP contribution >= 0.6 is 0 Å². The summed E-state index contributed by atoms with van der Waals surface area (Å²) in [5.74, 6) is -0.545. The third-order valence-electron chi connectivity index (χ3n) is 15.6. The van der Waals surface area contributed by atoms with Gasteiger partial charge in [0.05, 0.1) is 29.8 Å². The molecule has 4 aliphatic heterocycles. The highest BCUT2D eigenvalue weighted by molar-refractivity contribution is 6.01.